The third-order valence-corrected chi connectivity index (χ3v) is 2.22. The molecule has 0 radical (unpaired) electrons. The molecule has 0 fully saturated rings. The number of aliphatic carboxylic acids is 1. The molecule has 0 aliphatic carbocycles. The smallest absolute Gasteiger partial charge is 0.383 e. The molecule has 1 aromatic heterocycles. The third kappa shape index (κ3) is 1.48. The normalized spacial score (nSPS) is 16.1. The highest BCUT2D eigenvalue weighted by Gasteiger charge is 2.45. The number of halogens is 2. The third-order valence-electron chi connectivity index (χ3n) is 2.22. The molecule has 5 nitrogen and oxygen atoms in total. The van der Waals surface area contributed by atoms with Gasteiger partial charge in [-0.2, -0.15) is 8.78 Å². The van der Waals surface area contributed by atoms with Crippen LogP contribution in [0.25, 0.3) is 0 Å². The maximum atomic E-state index is 13.2. The van der Waals surface area contributed by atoms with Crippen LogP contribution < -0.4 is 0 Å². The molecule has 0 aromatic carbocycles. The summed E-state index contributed by atoms with van der Waals surface area (Å²) < 4.78 is 32.6. The quantitative estimate of drug-likeness (QED) is 0.789. The lowest BCUT2D eigenvalue weighted by molar-refractivity contribution is -0.167. The van der Waals surface area contributed by atoms with Gasteiger partial charge in [-0.15, -0.1) is 0 Å². The average molecular weight is 218 g/mol. The lowest BCUT2D eigenvalue weighted by Crippen LogP contribution is -2.30. The maximum Gasteiger partial charge on any atom is 0.383 e. The number of hydrogen-bond acceptors (Lipinski definition) is 3. The summed E-state index contributed by atoms with van der Waals surface area (Å²) in [6.45, 7) is 0.620. The van der Waals surface area contributed by atoms with Crippen molar-refractivity contribution in [3.05, 3.63) is 17.7 Å². The van der Waals surface area contributed by atoms with Crippen LogP contribution >= 0.6 is 0 Å². The van der Waals surface area contributed by atoms with Crippen LogP contribution in [0.5, 0.6) is 0 Å². The number of alkyl halides is 2. The Morgan fingerprint density at radius 1 is 1.67 bits per heavy atom. The number of nitrogens with zero attached hydrogens (tertiary/aromatic N) is 2. The fraction of sp³-hybridized carbons (Fsp3) is 0.500. The number of carboxylic acids is 1. The molecule has 2 heterocycles. The van der Waals surface area contributed by atoms with Gasteiger partial charge >= 0.3 is 11.9 Å². The van der Waals surface area contributed by atoms with E-state index in [0.717, 1.165) is 6.20 Å². The van der Waals surface area contributed by atoms with E-state index < -0.39 is 17.6 Å². The van der Waals surface area contributed by atoms with Crippen LogP contribution in [-0.4, -0.2) is 27.2 Å². The number of ether oxygens (including phenoxy) is 1. The number of hydrogen-bond donors (Lipinski definition) is 1. The molecule has 0 saturated carbocycles. The highest BCUT2D eigenvalue weighted by molar-refractivity contribution is 5.76. The van der Waals surface area contributed by atoms with Crippen molar-refractivity contribution < 1.29 is 23.4 Å². The van der Waals surface area contributed by atoms with Crippen LogP contribution in [0.4, 0.5) is 8.78 Å². The van der Waals surface area contributed by atoms with Gasteiger partial charge in [0.25, 0.3) is 0 Å². The standard InChI is InChI=1S/C8H8F2N2O3/c9-8(10,7(13)14)5-3-11-6-4-15-2-1-12(5)6/h3H,1-2,4H2,(H,13,14). The number of aromatic nitrogens is 2. The van der Waals surface area contributed by atoms with Crippen LogP contribution in [0.1, 0.15) is 11.5 Å². The minimum atomic E-state index is -3.90. The Bertz CT molecular complexity index is 403. The summed E-state index contributed by atoms with van der Waals surface area (Å²) in [5, 5.41) is 8.39. The Balaban J connectivity index is 2.45. The van der Waals surface area contributed by atoms with E-state index in [1.807, 2.05) is 0 Å². The van der Waals surface area contributed by atoms with E-state index in [1.165, 1.54) is 4.57 Å². The van der Waals surface area contributed by atoms with Crippen molar-refractivity contribution in [2.45, 2.75) is 19.1 Å². The van der Waals surface area contributed by atoms with Gasteiger partial charge in [-0.05, 0) is 0 Å². The second-order valence-corrected chi connectivity index (χ2v) is 3.14. The molecule has 0 amide bonds. The molecule has 0 bridgehead atoms. The van der Waals surface area contributed by atoms with E-state index >= 15 is 0 Å². The predicted octanol–water partition coefficient (Wildman–Crippen LogP) is 0.590. The van der Waals surface area contributed by atoms with Gasteiger partial charge in [-0.3, -0.25) is 0 Å². The number of carboxylic acid groups (broad SMARTS) is 1. The minimum Gasteiger partial charge on any atom is -0.476 e. The SMILES string of the molecule is O=C(O)C(F)(F)c1cnc2n1CCOC2. The summed E-state index contributed by atoms with van der Waals surface area (Å²) in [6, 6.07) is 0. The van der Waals surface area contributed by atoms with Crippen LogP contribution in [0.2, 0.25) is 0 Å². The van der Waals surface area contributed by atoms with Crippen molar-refractivity contribution in [1.82, 2.24) is 9.55 Å². The molecule has 1 aromatic rings. The summed E-state index contributed by atoms with van der Waals surface area (Å²) in [5.41, 5.74) is -0.590. The average Bonchev–Trinajstić information content (AvgIpc) is 2.61. The van der Waals surface area contributed by atoms with Crippen molar-refractivity contribution in [1.29, 1.82) is 0 Å². The highest BCUT2D eigenvalue weighted by Crippen LogP contribution is 2.29. The Hall–Kier alpha value is -1.50. The first kappa shape index (κ1) is 10.0. The van der Waals surface area contributed by atoms with Gasteiger partial charge in [0, 0.05) is 6.54 Å². The van der Waals surface area contributed by atoms with E-state index in [0.29, 0.717) is 5.82 Å². The van der Waals surface area contributed by atoms with Crippen molar-refractivity contribution in [3.63, 3.8) is 0 Å². The van der Waals surface area contributed by atoms with Crippen molar-refractivity contribution >= 4 is 5.97 Å². The monoisotopic (exact) mass is 218 g/mol. The van der Waals surface area contributed by atoms with E-state index in [1.54, 1.807) is 0 Å². The first-order chi connectivity index (χ1) is 7.03. The van der Waals surface area contributed by atoms with Gasteiger partial charge in [0.1, 0.15) is 18.1 Å². The van der Waals surface area contributed by atoms with Crippen molar-refractivity contribution in [2.24, 2.45) is 0 Å². The second kappa shape index (κ2) is 3.27. The summed E-state index contributed by atoms with van der Waals surface area (Å²) in [7, 11) is 0. The van der Waals surface area contributed by atoms with Gasteiger partial charge in [-0.25, -0.2) is 9.78 Å². The lowest BCUT2D eigenvalue weighted by Gasteiger charge is -2.19. The Morgan fingerprint density at radius 2 is 2.40 bits per heavy atom. The Labute approximate surface area is 83.3 Å². The molecular weight excluding hydrogens is 210 g/mol. The summed E-state index contributed by atoms with van der Waals surface area (Å²) in [6.07, 6.45) is 0.887. The molecule has 1 aliphatic heterocycles. The fourth-order valence-electron chi connectivity index (χ4n) is 1.46. The Kier molecular flexibility index (Phi) is 2.18. The molecule has 82 valence electrons. The van der Waals surface area contributed by atoms with E-state index in [9.17, 15) is 13.6 Å². The molecule has 0 atom stereocenters. The number of rotatable bonds is 2. The molecule has 1 N–H and O–H groups in total. The fourth-order valence-corrected chi connectivity index (χ4v) is 1.46. The molecule has 0 saturated heterocycles. The van der Waals surface area contributed by atoms with E-state index in [-0.39, 0.29) is 19.8 Å². The molecular formula is C8H8F2N2O3. The van der Waals surface area contributed by atoms with Crippen LogP contribution in [0.15, 0.2) is 6.20 Å². The van der Waals surface area contributed by atoms with Crippen molar-refractivity contribution in [3.8, 4) is 0 Å². The summed E-state index contributed by atoms with van der Waals surface area (Å²) in [5.74, 6) is -5.74. The van der Waals surface area contributed by atoms with E-state index in [2.05, 4.69) is 4.98 Å². The van der Waals surface area contributed by atoms with Gasteiger partial charge in [0.05, 0.1) is 12.8 Å². The van der Waals surface area contributed by atoms with E-state index in [4.69, 9.17) is 9.84 Å². The first-order valence-corrected chi connectivity index (χ1v) is 4.27. The first-order valence-electron chi connectivity index (χ1n) is 4.27. The zero-order valence-corrected chi connectivity index (χ0v) is 7.61. The zero-order chi connectivity index (χ0) is 11.1. The molecule has 0 unspecified atom stereocenters. The second-order valence-electron chi connectivity index (χ2n) is 3.14. The topological polar surface area (TPSA) is 64.3 Å². The molecule has 15 heavy (non-hydrogen) atoms. The molecule has 7 heteroatoms. The minimum absolute atomic E-state index is 0.135. The van der Waals surface area contributed by atoms with Crippen LogP contribution in [-0.2, 0) is 28.6 Å². The molecule has 2 rings (SSSR count). The number of fused-ring (bicyclic) bond motifs is 1. The predicted molar refractivity (Wildman–Crippen MR) is 43.4 cm³/mol. The number of carbonyl (C=O) groups is 1. The lowest BCUT2D eigenvalue weighted by atomic mass is 10.2. The Morgan fingerprint density at radius 3 is 3.07 bits per heavy atom. The van der Waals surface area contributed by atoms with Gasteiger partial charge in [0.2, 0.25) is 0 Å². The maximum absolute atomic E-state index is 13.2. The highest BCUT2D eigenvalue weighted by atomic mass is 19.3. The van der Waals surface area contributed by atoms with Crippen molar-refractivity contribution in [2.75, 3.05) is 6.61 Å². The summed E-state index contributed by atoms with van der Waals surface area (Å²) >= 11 is 0. The van der Waals surface area contributed by atoms with Gasteiger partial charge in [0.15, 0.2) is 0 Å². The largest absolute Gasteiger partial charge is 0.476 e. The summed E-state index contributed by atoms with van der Waals surface area (Å²) in [4.78, 5) is 14.1. The van der Waals surface area contributed by atoms with Crippen LogP contribution in [0.3, 0.4) is 0 Å². The molecule has 1 aliphatic rings. The van der Waals surface area contributed by atoms with Gasteiger partial charge < -0.3 is 14.4 Å². The van der Waals surface area contributed by atoms with Gasteiger partial charge in [-0.1, -0.05) is 0 Å². The molecule has 0 spiro atoms. The zero-order valence-electron chi connectivity index (χ0n) is 7.61. The number of imidazole rings is 1. The van der Waals surface area contributed by atoms with Crippen LogP contribution in [0, 0.1) is 0 Å².